The largest absolute Gasteiger partial charge is 0.440 e. The molecule has 0 aliphatic carbocycles. The number of H-pyrrole nitrogens is 1. The van der Waals surface area contributed by atoms with E-state index in [0.717, 1.165) is 29.1 Å². The molecule has 1 aliphatic rings. The number of hydrogen-bond donors (Lipinski definition) is 1. The summed E-state index contributed by atoms with van der Waals surface area (Å²) in [4.78, 5) is 37.7. The van der Waals surface area contributed by atoms with E-state index >= 15 is 0 Å². The summed E-state index contributed by atoms with van der Waals surface area (Å²) >= 11 is 0. The molecule has 0 amide bonds. The van der Waals surface area contributed by atoms with Crippen LogP contribution >= 0.6 is 0 Å². The summed E-state index contributed by atoms with van der Waals surface area (Å²) in [6.45, 7) is 5.69. The Bertz CT molecular complexity index is 745. The quantitative estimate of drug-likeness (QED) is 0.923. The zero-order chi connectivity index (χ0) is 16.8. The summed E-state index contributed by atoms with van der Waals surface area (Å²) in [7, 11) is 0. The third kappa shape index (κ3) is 4.21. The van der Waals surface area contributed by atoms with Gasteiger partial charge in [0, 0.05) is 31.6 Å². The summed E-state index contributed by atoms with van der Waals surface area (Å²) in [5.74, 6) is -0.445. The van der Waals surface area contributed by atoms with E-state index in [9.17, 15) is 14.4 Å². The Morgan fingerprint density at radius 2 is 1.65 bits per heavy atom. The summed E-state index contributed by atoms with van der Waals surface area (Å²) in [5, 5.41) is 0. The molecule has 3 rings (SSSR count). The van der Waals surface area contributed by atoms with Crippen LogP contribution in [0.1, 0.15) is 32.3 Å². The second kappa shape index (κ2) is 7.62. The molecule has 2 aromatic rings. The van der Waals surface area contributed by atoms with E-state index in [4.69, 9.17) is 4.52 Å². The molecule has 1 fully saturated rings. The highest BCUT2D eigenvalue weighted by Crippen LogP contribution is 2.19. The van der Waals surface area contributed by atoms with Crippen molar-refractivity contribution in [2.45, 2.75) is 33.2 Å². The molecule has 1 aromatic heterocycles. The van der Waals surface area contributed by atoms with Crippen LogP contribution < -0.4 is 16.3 Å². The Kier molecular flexibility index (Phi) is 5.56. The molecule has 0 spiro atoms. The fourth-order valence-electron chi connectivity index (χ4n) is 2.41. The van der Waals surface area contributed by atoms with Crippen LogP contribution in [0.2, 0.25) is 0 Å². The molecule has 1 saturated heterocycles. The van der Waals surface area contributed by atoms with Crippen molar-refractivity contribution in [1.82, 2.24) is 9.72 Å². The molecule has 0 unspecified atom stereocenters. The average molecular weight is 319 g/mol. The van der Waals surface area contributed by atoms with Gasteiger partial charge in [-0.05, 0) is 17.7 Å². The van der Waals surface area contributed by atoms with Gasteiger partial charge >= 0.3 is 11.4 Å². The van der Waals surface area contributed by atoms with E-state index in [-0.39, 0.29) is 6.54 Å². The normalized spacial score (nSPS) is 14.3. The molecule has 1 N–H and O–H groups in total. The molecular weight excluding hydrogens is 298 g/mol. The predicted molar refractivity (Wildman–Crippen MR) is 86.9 cm³/mol. The number of ketones is 1. The van der Waals surface area contributed by atoms with Crippen molar-refractivity contribution in [1.29, 1.82) is 0 Å². The number of aromatic nitrogens is 2. The Labute approximate surface area is 133 Å². The Balaban J connectivity index is 0.000000924. The molecule has 0 bridgehead atoms. The zero-order valence-corrected chi connectivity index (χ0v) is 13.4. The number of hydrogen-bond acceptors (Lipinski definition) is 5. The van der Waals surface area contributed by atoms with Crippen molar-refractivity contribution in [3.8, 4) is 0 Å². The first-order valence-electron chi connectivity index (χ1n) is 7.78. The topological polar surface area (TPSA) is 88.3 Å². The van der Waals surface area contributed by atoms with Gasteiger partial charge in [0.2, 0.25) is 0 Å². The predicted octanol–water partition coefficient (Wildman–Crippen LogP) is 1.37. The lowest BCUT2D eigenvalue weighted by molar-refractivity contribution is -0.119. The van der Waals surface area contributed by atoms with Crippen LogP contribution in [0.4, 0.5) is 5.69 Å². The third-order valence-corrected chi connectivity index (χ3v) is 3.58. The molecule has 124 valence electrons. The molecule has 0 radical (unpaired) electrons. The van der Waals surface area contributed by atoms with Gasteiger partial charge in [-0.15, -0.1) is 4.74 Å². The lowest BCUT2D eigenvalue weighted by Gasteiger charge is -2.28. The second-order valence-electron chi connectivity index (χ2n) is 5.04. The van der Waals surface area contributed by atoms with Gasteiger partial charge in [-0.1, -0.05) is 26.0 Å². The molecule has 7 heteroatoms. The van der Waals surface area contributed by atoms with Gasteiger partial charge in [0.15, 0.2) is 0 Å². The van der Waals surface area contributed by atoms with Crippen LogP contribution in [0.15, 0.2) is 38.4 Å². The number of carbonyl (C=O) groups excluding carboxylic acids is 1. The van der Waals surface area contributed by atoms with E-state index in [0.29, 0.717) is 18.6 Å². The Hall–Kier alpha value is -2.57. The number of nitrogens with one attached hydrogen (secondary N) is 1. The fourth-order valence-corrected chi connectivity index (χ4v) is 2.41. The number of Topliss-reactive ketones (excluding diaryl/α,β-unsaturated/α-hetero) is 1. The van der Waals surface area contributed by atoms with Crippen molar-refractivity contribution in [2.75, 3.05) is 18.0 Å². The summed E-state index contributed by atoms with van der Waals surface area (Å²) in [6.07, 6.45) is 1.18. The first-order valence-corrected chi connectivity index (χ1v) is 7.78. The third-order valence-electron chi connectivity index (χ3n) is 3.58. The summed E-state index contributed by atoms with van der Waals surface area (Å²) in [6, 6.07) is 7.65. The van der Waals surface area contributed by atoms with Gasteiger partial charge in [0.05, 0.1) is 6.54 Å². The molecule has 0 atom stereocenters. The number of anilines is 1. The lowest BCUT2D eigenvalue weighted by Crippen LogP contribution is -2.33. The number of rotatable bonds is 3. The van der Waals surface area contributed by atoms with Crippen LogP contribution in [-0.4, -0.2) is 28.6 Å². The Morgan fingerprint density at radius 1 is 1.04 bits per heavy atom. The van der Waals surface area contributed by atoms with E-state index in [1.807, 2.05) is 43.1 Å². The van der Waals surface area contributed by atoms with Gasteiger partial charge in [-0.3, -0.25) is 4.79 Å². The highest BCUT2D eigenvalue weighted by Gasteiger charge is 2.16. The number of benzene rings is 1. The number of piperidine rings is 1. The van der Waals surface area contributed by atoms with E-state index in [1.165, 1.54) is 0 Å². The summed E-state index contributed by atoms with van der Waals surface area (Å²) < 4.78 is 5.70. The van der Waals surface area contributed by atoms with E-state index < -0.39 is 11.4 Å². The Morgan fingerprint density at radius 3 is 2.17 bits per heavy atom. The minimum Gasteiger partial charge on any atom is -0.371 e. The van der Waals surface area contributed by atoms with Crippen LogP contribution in [0.25, 0.3) is 0 Å². The minimum atomic E-state index is -0.755. The molecule has 1 aromatic carbocycles. The van der Waals surface area contributed by atoms with Gasteiger partial charge in [-0.2, -0.15) is 0 Å². The zero-order valence-electron chi connectivity index (χ0n) is 13.4. The molecule has 1 aliphatic heterocycles. The number of nitrogens with zero attached hydrogens (tertiary/aromatic N) is 2. The highest BCUT2D eigenvalue weighted by atomic mass is 16.5. The van der Waals surface area contributed by atoms with Gasteiger partial charge in [-0.25, -0.2) is 14.6 Å². The van der Waals surface area contributed by atoms with E-state index in [1.54, 1.807) is 0 Å². The maximum Gasteiger partial charge on any atom is 0.440 e. The lowest BCUT2D eigenvalue weighted by atomic mass is 10.1. The van der Waals surface area contributed by atoms with Crippen LogP contribution in [-0.2, 0) is 11.3 Å². The molecular formula is C16H21N3O4. The highest BCUT2D eigenvalue weighted by molar-refractivity contribution is 5.81. The average Bonchev–Trinajstić information content (AvgIpc) is 2.88. The van der Waals surface area contributed by atoms with Crippen molar-refractivity contribution >= 4 is 11.5 Å². The fraction of sp³-hybridized carbons (Fsp3) is 0.438. The SMILES string of the molecule is CC.O=C1CCN(c2ccc(Cn3oc(=O)[nH]c3=O)cc2)CC1. The maximum atomic E-state index is 11.4. The first-order chi connectivity index (χ1) is 11.1. The van der Waals surface area contributed by atoms with Crippen LogP contribution in [0.3, 0.4) is 0 Å². The monoisotopic (exact) mass is 319 g/mol. The smallest absolute Gasteiger partial charge is 0.371 e. The van der Waals surface area contributed by atoms with Gasteiger partial charge < -0.3 is 9.42 Å². The van der Waals surface area contributed by atoms with Crippen LogP contribution in [0.5, 0.6) is 0 Å². The molecule has 23 heavy (non-hydrogen) atoms. The first kappa shape index (κ1) is 16.8. The van der Waals surface area contributed by atoms with Crippen LogP contribution in [0, 0.1) is 0 Å². The standard InChI is InChI=1S/C14H15N3O4.C2H6/c18-12-5-7-16(8-6-12)11-3-1-10(2-4-11)9-17-13(19)15-14(20)21-17;1-2/h1-4H,5-9H2,(H,15,19,20);1-2H3. The second-order valence-corrected chi connectivity index (χ2v) is 5.04. The van der Waals surface area contributed by atoms with Gasteiger partial charge in [0.1, 0.15) is 5.78 Å². The minimum absolute atomic E-state index is 0.205. The van der Waals surface area contributed by atoms with Crippen molar-refractivity contribution in [3.05, 3.63) is 50.9 Å². The molecule has 7 nitrogen and oxygen atoms in total. The maximum absolute atomic E-state index is 11.4. The van der Waals surface area contributed by atoms with Gasteiger partial charge in [0.25, 0.3) is 0 Å². The molecule has 0 saturated carbocycles. The number of carbonyl (C=O) groups is 1. The summed E-state index contributed by atoms with van der Waals surface area (Å²) in [5.41, 5.74) is 1.35. The molecule has 2 heterocycles. The van der Waals surface area contributed by atoms with E-state index in [2.05, 4.69) is 4.90 Å². The van der Waals surface area contributed by atoms with Crippen molar-refractivity contribution in [3.63, 3.8) is 0 Å². The number of aromatic amines is 1. The van der Waals surface area contributed by atoms with Crippen molar-refractivity contribution < 1.29 is 9.32 Å². The van der Waals surface area contributed by atoms with Crippen molar-refractivity contribution in [2.24, 2.45) is 0 Å².